The number of nitrogens with zero attached hydrogens (tertiary/aromatic N) is 1. The first-order valence-electron chi connectivity index (χ1n) is 8.25. The van der Waals surface area contributed by atoms with Gasteiger partial charge < -0.3 is 30.3 Å². The van der Waals surface area contributed by atoms with E-state index in [2.05, 4.69) is 0 Å². The number of nitrogens with two attached hydrogens (primary N) is 1. The molecule has 9 nitrogen and oxygen atoms in total. The average Bonchev–Trinajstić information content (AvgIpc) is 2.83. The molecule has 0 spiro atoms. The number of amides is 2. The fourth-order valence-corrected chi connectivity index (χ4v) is 5.18. The van der Waals surface area contributed by atoms with Crippen molar-refractivity contribution in [2.45, 2.75) is 42.9 Å². The van der Waals surface area contributed by atoms with Crippen LogP contribution in [0.25, 0.3) is 0 Å². The number of aliphatic hydroxyl groups is 1. The SMILES string of the molecule is C[C@@H](O)[C@H]1C(=O)N2C(C(=O)O)C(C)(Oc3ccc(COC(N)=O)cc3)S[C@H]12. The van der Waals surface area contributed by atoms with Crippen LogP contribution in [0, 0.1) is 5.92 Å². The molecular formula is C17H20N2O7S. The minimum Gasteiger partial charge on any atom is -0.480 e. The van der Waals surface area contributed by atoms with Crippen molar-refractivity contribution >= 4 is 29.7 Å². The molecule has 0 aliphatic carbocycles. The van der Waals surface area contributed by atoms with Crippen LogP contribution < -0.4 is 10.5 Å². The Kier molecular flexibility index (Phi) is 4.96. The third-order valence-electron chi connectivity index (χ3n) is 4.63. The molecule has 2 fully saturated rings. The zero-order chi connectivity index (χ0) is 19.9. The summed E-state index contributed by atoms with van der Waals surface area (Å²) >= 11 is 1.21. The maximum atomic E-state index is 12.3. The van der Waals surface area contributed by atoms with Gasteiger partial charge >= 0.3 is 12.1 Å². The van der Waals surface area contributed by atoms with Crippen LogP contribution >= 0.6 is 11.8 Å². The minimum absolute atomic E-state index is 0.0137. The zero-order valence-electron chi connectivity index (χ0n) is 14.7. The van der Waals surface area contributed by atoms with Gasteiger partial charge in [0, 0.05) is 0 Å². The van der Waals surface area contributed by atoms with Crippen molar-refractivity contribution in [1.29, 1.82) is 0 Å². The summed E-state index contributed by atoms with van der Waals surface area (Å²) < 4.78 is 10.6. The molecule has 0 radical (unpaired) electrons. The van der Waals surface area contributed by atoms with Crippen molar-refractivity contribution < 1.29 is 34.1 Å². The predicted molar refractivity (Wildman–Crippen MR) is 94.7 cm³/mol. The van der Waals surface area contributed by atoms with Crippen LogP contribution in [0.15, 0.2) is 24.3 Å². The number of fused-ring (bicyclic) bond motifs is 1. The quantitative estimate of drug-likeness (QED) is 0.598. The number of β-lactam (4-membered cyclic amide) rings is 1. The van der Waals surface area contributed by atoms with Crippen molar-refractivity contribution in [1.82, 2.24) is 4.90 Å². The van der Waals surface area contributed by atoms with E-state index >= 15 is 0 Å². The molecule has 146 valence electrons. The number of carboxylic acids is 1. The maximum Gasteiger partial charge on any atom is 0.404 e. The molecule has 0 saturated carbocycles. The highest BCUT2D eigenvalue weighted by atomic mass is 32.2. The topological polar surface area (TPSA) is 139 Å². The van der Waals surface area contributed by atoms with E-state index in [0.717, 1.165) is 0 Å². The Morgan fingerprint density at radius 1 is 1.37 bits per heavy atom. The Hall–Kier alpha value is -2.46. The van der Waals surface area contributed by atoms with Crippen LogP contribution in [-0.2, 0) is 20.9 Å². The lowest BCUT2D eigenvalue weighted by Gasteiger charge is -2.44. The van der Waals surface area contributed by atoms with Crippen molar-refractivity contribution in [2.75, 3.05) is 0 Å². The molecule has 3 rings (SSSR count). The van der Waals surface area contributed by atoms with Crippen molar-refractivity contribution in [3.63, 3.8) is 0 Å². The van der Waals surface area contributed by atoms with Crippen LogP contribution in [-0.4, -0.2) is 55.5 Å². The summed E-state index contributed by atoms with van der Waals surface area (Å²) in [6.45, 7) is 3.14. The van der Waals surface area contributed by atoms with Gasteiger partial charge in [-0.1, -0.05) is 23.9 Å². The molecule has 0 aromatic heterocycles. The molecule has 4 N–H and O–H groups in total. The summed E-state index contributed by atoms with van der Waals surface area (Å²) in [6, 6.07) is 5.39. The highest BCUT2D eigenvalue weighted by Gasteiger charge is 2.67. The molecule has 27 heavy (non-hydrogen) atoms. The van der Waals surface area contributed by atoms with E-state index in [-0.39, 0.29) is 12.5 Å². The van der Waals surface area contributed by atoms with Gasteiger partial charge in [-0.3, -0.25) is 4.79 Å². The third kappa shape index (κ3) is 3.42. The van der Waals surface area contributed by atoms with Crippen molar-refractivity contribution in [3.05, 3.63) is 29.8 Å². The van der Waals surface area contributed by atoms with E-state index in [9.17, 15) is 24.6 Å². The predicted octanol–water partition coefficient (Wildman–Crippen LogP) is 0.742. The average molecular weight is 396 g/mol. The smallest absolute Gasteiger partial charge is 0.404 e. The first kappa shape index (κ1) is 19.3. The Bertz CT molecular complexity index is 769. The number of aliphatic hydroxyl groups excluding tert-OH is 1. The number of carbonyl (C=O) groups excluding carboxylic acids is 2. The van der Waals surface area contributed by atoms with Crippen LogP contribution in [0.2, 0.25) is 0 Å². The second kappa shape index (κ2) is 6.93. The monoisotopic (exact) mass is 396 g/mol. The van der Waals surface area contributed by atoms with Gasteiger partial charge in [-0.05, 0) is 31.5 Å². The highest BCUT2D eigenvalue weighted by Crippen LogP contribution is 2.54. The minimum atomic E-state index is -1.22. The third-order valence-corrected chi connectivity index (χ3v) is 6.17. The Balaban J connectivity index is 1.77. The van der Waals surface area contributed by atoms with Crippen LogP contribution in [0.1, 0.15) is 19.4 Å². The second-order valence-electron chi connectivity index (χ2n) is 6.63. The van der Waals surface area contributed by atoms with Gasteiger partial charge in [0.15, 0.2) is 11.0 Å². The van der Waals surface area contributed by atoms with Crippen LogP contribution in [0.5, 0.6) is 5.75 Å². The molecular weight excluding hydrogens is 376 g/mol. The molecule has 1 aromatic rings. The standard InChI is InChI=1S/C17H20N2O7S/c1-8(20)11-13(21)19-12(15(22)23)17(2,27-14(11)19)26-10-5-3-9(4-6-10)7-25-16(18)24/h3-6,8,11-12,14,20H,7H2,1-2H3,(H2,18,24)(H,22,23)/t8-,11+,12?,14-,17?/m1/s1. The lowest BCUT2D eigenvalue weighted by molar-refractivity contribution is -0.171. The number of aliphatic carboxylic acids is 1. The van der Waals surface area contributed by atoms with Crippen molar-refractivity contribution in [3.8, 4) is 5.75 Å². The number of carboxylic acid groups (broad SMARTS) is 1. The summed E-state index contributed by atoms with van der Waals surface area (Å²) in [7, 11) is 0. The molecule has 2 heterocycles. The zero-order valence-corrected chi connectivity index (χ0v) is 15.5. The fourth-order valence-electron chi connectivity index (χ4n) is 3.38. The first-order valence-corrected chi connectivity index (χ1v) is 9.13. The van der Waals surface area contributed by atoms with E-state index in [1.165, 1.54) is 23.6 Å². The number of ether oxygens (including phenoxy) is 2. The van der Waals surface area contributed by atoms with Gasteiger partial charge in [0.2, 0.25) is 5.91 Å². The number of primary amides is 1. The normalized spacial score (nSPS) is 30.3. The fraction of sp³-hybridized carbons (Fsp3) is 0.471. The van der Waals surface area contributed by atoms with E-state index in [0.29, 0.717) is 11.3 Å². The van der Waals surface area contributed by atoms with Crippen molar-refractivity contribution in [2.24, 2.45) is 11.7 Å². The molecule has 2 saturated heterocycles. The number of benzene rings is 1. The van der Waals surface area contributed by atoms with E-state index in [1.54, 1.807) is 31.2 Å². The molecule has 2 aliphatic heterocycles. The largest absolute Gasteiger partial charge is 0.480 e. The Morgan fingerprint density at radius 2 is 2.00 bits per heavy atom. The Labute approximate surface area is 159 Å². The number of hydrogen-bond acceptors (Lipinski definition) is 7. The number of carbonyl (C=O) groups is 3. The molecule has 1 aromatic carbocycles. The lowest BCUT2D eigenvalue weighted by Crippen LogP contribution is -2.65. The van der Waals surface area contributed by atoms with E-state index < -0.39 is 40.4 Å². The van der Waals surface area contributed by atoms with Crippen LogP contribution in [0.4, 0.5) is 4.79 Å². The number of rotatable bonds is 6. The summed E-state index contributed by atoms with van der Waals surface area (Å²) in [4.78, 5) is 34.8. The molecule has 2 amide bonds. The molecule has 10 heteroatoms. The lowest BCUT2D eigenvalue weighted by atomic mass is 9.90. The van der Waals surface area contributed by atoms with Gasteiger partial charge in [0.25, 0.3) is 0 Å². The summed E-state index contributed by atoms with van der Waals surface area (Å²) in [5.41, 5.74) is 5.61. The first-order chi connectivity index (χ1) is 12.6. The Morgan fingerprint density at radius 3 is 2.52 bits per heavy atom. The van der Waals surface area contributed by atoms with E-state index in [4.69, 9.17) is 15.2 Å². The second-order valence-corrected chi connectivity index (χ2v) is 8.16. The highest BCUT2D eigenvalue weighted by molar-refractivity contribution is 8.01. The molecule has 2 aliphatic rings. The summed E-state index contributed by atoms with van der Waals surface area (Å²) in [5.74, 6) is -1.80. The summed E-state index contributed by atoms with van der Waals surface area (Å²) in [6.07, 6.45) is -1.75. The van der Waals surface area contributed by atoms with Gasteiger partial charge in [0.05, 0.1) is 17.4 Å². The van der Waals surface area contributed by atoms with E-state index in [1.807, 2.05) is 0 Å². The number of hydrogen-bond donors (Lipinski definition) is 3. The number of thioether (sulfide) groups is 1. The molecule has 5 atom stereocenters. The van der Waals surface area contributed by atoms with Gasteiger partial charge in [0.1, 0.15) is 12.4 Å². The maximum absolute atomic E-state index is 12.3. The summed E-state index contributed by atoms with van der Waals surface area (Å²) in [5, 5.41) is 19.0. The van der Waals surface area contributed by atoms with Crippen LogP contribution in [0.3, 0.4) is 0 Å². The van der Waals surface area contributed by atoms with Gasteiger partial charge in [-0.25, -0.2) is 9.59 Å². The van der Waals surface area contributed by atoms with Gasteiger partial charge in [-0.2, -0.15) is 0 Å². The van der Waals surface area contributed by atoms with Gasteiger partial charge in [-0.15, -0.1) is 0 Å². The molecule has 2 unspecified atom stereocenters. The molecule has 0 bridgehead atoms.